The van der Waals surface area contributed by atoms with Crippen molar-refractivity contribution in [2.24, 2.45) is 17.8 Å². The molecule has 2 aromatic rings. The molecule has 0 aliphatic heterocycles. The predicted molar refractivity (Wildman–Crippen MR) is 129 cm³/mol. The lowest BCUT2D eigenvalue weighted by atomic mass is 9.70. The first-order valence-electron chi connectivity index (χ1n) is 13.1. The predicted octanol–water partition coefficient (Wildman–Crippen LogP) is 8.93. The first-order chi connectivity index (χ1) is 18.1. The Labute approximate surface area is 217 Å². The third kappa shape index (κ3) is 6.53. The van der Waals surface area contributed by atoms with Crippen LogP contribution in [0.2, 0.25) is 0 Å². The Kier molecular flexibility index (Phi) is 9.06. The lowest BCUT2D eigenvalue weighted by Crippen LogP contribution is -2.26. The third-order valence-electron chi connectivity index (χ3n) is 7.79. The van der Waals surface area contributed by atoms with Gasteiger partial charge in [-0.25, -0.2) is 22.0 Å². The van der Waals surface area contributed by atoms with Crippen molar-refractivity contribution in [2.75, 3.05) is 13.2 Å². The topological polar surface area (TPSA) is 18.5 Å². The first-order valence-corrected chi connectivity index (χ1v) is 13.1. The number of alkyl halides is 2. The van der Waals surface area contributed by atoms with E-state index < -0.39 is 46.5 Å². The van der Waals surface area contributed by atoms with E-state index in [0.717, 1.165) is 57.5 Å². The van der Waals surface area contributed by atoms with Gasteiger partial charge in [-0.2, -0.15) is 8.78 Å². The van der Waals surface area contributed by atoms with Crippen LogP contribution in [0, 0.1) is 46.8 Å². The summed E-state index contributed by atoms with van der Waals surface area (Å²) < 4.78 is 108. The van der Waals surface area contributed by atoms with E-state index >= 15 is 0 Å². The van der Waals surface area contributed by atoms with Crippen LogP contribution in [0.1, 0.15) is 69.4 Å². The summed E-state index contributed by atoms with van der Waals surface area (Å²) in [6.07, 6.45) is 5.27. The number of hydrogen-bond acceptors (Lipinski definition) is 2. The molecule has 0 saturated heterocycles. The monoisotopic (exact) mass is 544 g/mol. The molecule has 4 rings (SSSR count). The molecular weight excluding hydrogens is 513 g/mol. The second-order valence-electron chi connectivity index (χ2n) is 10.2. The van der Waals surface area contributed by atoms with Crippen LogP contribution >= 0.6 is 0 Å². The van der Waals surface area contributed by atoms with Gasteiger partial charge in [0.1, 0.15) is 22.9 Å². The van der Waals surface area contributed by atoms with Crippen LogP contribution in [0.15, 0.2) is 30.3 Å². The van der Waals surface area contributed by atoms with E-state index in [1.807, 2.05) is 13.0 Å². The second-order valence-corrected chi connectivity index (χ2v) is 10.2. The molecular formula is C29H31F7O2. The molecule has 1 atom stereocenters. The van der Waals surface area contributed by atoms with Crippen molar-refractivity contribution in [3.8, 4) is 5.75 Å². The van der Waals surface area contributed by atoms with Crippen molar-refractivity contribution in [2.45, 2.75) is 64.4 Å². The van der Waals surface area contributed by atoms with Crippen LogP contribution in [0.4, 0.5) is 30.7 Å². The van der Waals surface area contributed by atoms with Crippen LogP contribution in [0.5, 0.6) is 5.75 Å². The number of allylic oxidation sites excluding steroid dienone is 2. The summed E-state index contributed by atoms with van der Waals surface area (Å²) in [7, 11) is 0. The van der Waals surface area contributed by atoms with Crippen LogP contribution in [0.25, 0.3) is 5.57 Å². The highest BCUT2D eigenvalue weighted by Crippen LogP contribution is 2.43. The Morgan fingerprint density at radius 1 is 0.816 bits per heavy atom. The standard InChI is InChI=1S/C29H31F7O2/c1-2-37-12-11-17-3-5-18(6-4-17)19-7-9-20(10-8-19)21-13-23(30)27(24(31)14-21)29(35,36)38-22-15-25(32)28(34)26(33)16-22/h9,13-19H,2-8,10-12H2,1H3. The van der Waals surface area contributed by atoms with E-state index in [4.69, 9.17) is 4.74 Å². The summed E-state index contributed by atoms with van der Waals surface area (Å²) in [6.45, 7) is 3.52. The fourth-order valence-electron chi connectivity index (χ4n) is 5.71. The van der Waals surface area contributed by atoms with Crippen LogP contribution in [-0.4, -0.2) is 13.2 Å². The summed E-state index contributed by atoms with van der Waals surface area (Å²) in [5.74, 6) is -7.87. The van der Waals surface area contributed by atoms with Gasteiger partial charge in [-0.3, -0.25) is 0 Å². The zero-order valence-corrected chi connectivity index (χ0v) is 21.2. The molecule has 2 nitrogen and oxygen atoms in total. The lowest BCUT2D eigenvalue weighted by Gasteiger charge is -2.35. The average molecular weight is 545 g/mol. The Bertz CT molecular complexity index is 1110. The maximum absolute atomic E-state index is 14.8. The molecule has 0 spiro atoms. The molecule has 1 unspecified atom stereocenters. The highest BCUT2D eigenvalue weighted by molar-refractivity contribution is 5.67. The fraction of sp³-hybridized carbons (Fsp3) is 0.517. The minimum atomic E-state index is -4.60. The maximum Gasteiger partial charge on any atom is 0.432 e. The van der Waals surface area contributed by atoms with E-state index in [2.05, 4.69) is 4.74 Å². The van der Waals surface area contributed by atoms with Gasteiger partial charge < -0.3 is 9.47 Å². The Morgan fingerprint density at radius 3 is 2.00 bits per heavy atom. The Hall–Kier alpha value is -2.55. The minimum absolute atomic E-state index is 0.163. The van der Waals surface area contributed by atoms with Gasteiger partial charge in [0.05, 0.1) is 0 Å². The van der Waals surface area contributed by atoms with Gasteiger partial charge in [-0.1, -0.05) is 18.9 Å². The van der Waals surface area contributed by atoms with Crippen molar-refractivity contribution >= 4 is 5.57 Å². The highest BCUT2D eigenvalue weighted by atomic mass is 19.3. The van der Waals surface area contributed by atoms with Gasteiger partial charge >= 0.3 is 6.11 Å². The number of halogens is 7. The number of hydrogen-bond donors (Lipinski definition) is 0. The lowest BCUT2D eigenvalue weighted by molar-refractivity contribution is -0.189. The van der Waals surface area contributed by atoms with Gasteiger partial charge in [0.2, 0.25) is 0 Å². The average Bonchev–Trinajstić information content (AvgIpc) is 2.87. The van der Waals surface area contributed by atoms with Crippen molar-refractivity contribution < 1.29 is 40.2 Å². The van der Waals surface area contributed by atoms with Gasteiger partial charge in [0.15, 0.2) is 17.5 Å². The van der Waals surface area contributed by atoms with Crippen LogP contribution in [-0.2, 0) is 10.8 Å². The van der Waals surface area contributed by atoms with Gasteiger partial charge in [-0.15, -0.1) is 0 Å². The minimum Gasteiger partial charge on any atom is -0.429 e. The molecule has 0 bridgehead atoms. The molecule has 0 amide bonds. The molecule has 9 heteroatoms. The number of ether oxygens (including phenoxy) is 2. The highest BCUT2D eigenvalue weighted by Gasteiger charge is 2.42. The molecule has 1 saturated carbocycles. The molecule has 38 heavy (non-hydrogen) atoms. The number of rotatable bonds is 9. The largest absolute Gasteiger partial charge is 0.432 e. The van der Waals surface area contributed by atoms with Gasteiger partial charge in [0.25, 0.3) is 0 Å². The summed E-state index contributed by atoms with van der Waals surface area (Å²) >= 11 is 0. The normalized spacial score (nSPS) is 22.3. The van der Waals surface area contributed by atoms with Crippen molar-refractivity contribution in [1.29, 1.82) is 0 Å². The zero-order valence-electron chi connectivity index (χ0n) is 21.2. The molecule has 1 fully saturated rings. The second kappa shape index (κ2) is 12.1. The molecule has 0 N–H and O–H groups in total. The summed E-state index contributed by atoms with van der Waals surface area (Å²) in [5.41, 5.74) is -0.846. The van der Waals surface area contributed by atoms with Gasteiger partial charge in [0, 0.05) is 25.3 Å². The fourth-order valence-corrected chi connectivity index (χ4v) is 5.71. The van der Waals surface area contributed by atoms with E-state index in [1.165, 1.54) is 12.8 Å². The molecule has 0 radical (unpaired) electrons. The van der Waals surface area contributed by atoms with E-state index in [-0.39, 0.29) is 17.7 Å². The quantitative estimate of drug-likeness (QED) is 0.178. The zero-order chi connectivity index (χ0) is 27.4. The molecule has 2 aliphatic carbocycles. The van der Waals surface area contributed by atoms with E-state index in [9.17, 15) is 30.7 Å². The smallest absolute Gasteiger partial charge is 0.429 e. The van der Waals surface area contributed by atoms with E-state index in [0.29, 0.717) is 29.7 Å². The van der Waals surface area contributed by atoms with Crippen LogP contribution in [0.3, 0.4) is 0 Å². The van der Waals surface area contributed by atoms with Crippen LogP contribution < -0.4 is 4.74 Å². The third-order valence-corrected chi connectivity index (χ3v) is 7.79. The first kappa shape index (κ1) is 28.5. The maximum atomic E-state index is 14.8. The molecule has 2 aliphatic rings. The summed E-state index contributed by atoms with van der Waals surface area (Å²) in [4.78, 5) is 0. The Balaban J connectivity index is 1.41. The number of benzene rings is 2. The van der Waals surface area contributed by atoms with Crippen molar-refractivity contribution in [3.05, 3.63) is 70.6 Å². The van der Waals surface area contributed by atoms with Gasteiger partial charge in [-0.05, 0) is 86.5 Å². The SMILES string of the molecule is CCOCCC1CCC(C2CC=C(c3cc(F)c(C(F)(F)Oc4cc(F)c(F)c(F)c4)c(F)c3)CC2)CC1. The molecule has 0 aromatic heterocycles. The summed E-state index contributed by atoms with van der Waals surface area (Å²) in [6, 6.07) is 1.98. The summed E-state index contributed by atoms with van der Waals surface area (Å²) in [5, 5.41) is 0. The molecule has 0 heterocycles. The van der Waals surface area contributed by atoms with Crippen molar-refractivity contribution in [1.82, 2.24) is 0 Å². The van der Waals surface area contributed by atoms with Crippen molar-refractivity contribution in [3.63, 3.8) is 0 Å². The molecule has 208 valence electrons. The Morgan fingerprint density at radius 2 is 1.45 bits per heavy atom. The molecule has 2 aromatic carbocycles. The van der Waals surface area contributed by atoms with E-state index in [1.54, 1.807) is 0 Å².